The predicted molar refractivity (Wildman–Crippen MR) is 75.6 cm³/mol. The topological polar surface area (TPSA) is 29.1 Å². The van der Waals surface area contributed by atoms with Gasteiger partial charge in [-0.15, -0.1) is 0 Å². The molecule has 17 heavy (non-hydrogen) atoms. The van der Waals surface area contributed by atoms with E-state index in [1.807, 2.05) is 45.0 Å². The lowest BCUT2D eigenvalue weighted by atomic mass is 10.0. The summed E-state index contributed by atoms with van der Waals surface area (Å²) < 4.78 is -0.549. The highest BCUT2D eigenvalue weighted by molar-refractivity contribution is 9.10. The highest BCUT2D eigenvalue weighted by Gasteiger charge is 2.25. The van der Waals surface area contributed by atoms with Crippen molar-refractivity contribution in [1.82, 2.24) is 5.32 Å². The van der Waals surface area contributed by atoms with Gasteiger partial charge in [-0.3, -0.25) is 4.79 Å². The van der Waals surface area contributed by atoms with Gasteiger partial charge in [0.25, 0.3) is 0 Å². The first-order valence-corrected chi connectivity index (χ1v) is 6.77. The minimum atomic E-state index is -0.549. The van der Waals surface area contributed by atoms with Crippen LogP contribution in [0.4, 0.5) is 0 Å². The van der Waals surface area contributed by atoms with E-state index >= 15 is 0 Å². The Balaban J connectivity index is 2.79. The van der Waals surface area contributed by atoms with E-state index in [1.54, 1.807) is 0 Å². The Morgan fingerprint density at radius 1 is 1.41 bits per heavy atom. The minimum absolute atomic E-state index is 0.0145. The lowest BCUT2D eigenvalue weighted by Gasteiger charge is -2.22. The second-order valence-corrected chi connectivity index (χ2v) is 6.88. The molecule has 4 heteroatoms. The summed E-state index contributed by atoms with van der Waals surface area (Å²) in [5.41, 5.74) is 1.07. The van der Waals surface area contributed by atoms with Crippen molar-refractivity contribution in [2.45, 2.75) is 37.6 Å². The van der Waals surface area contributed by atoms with Crippen molar-refractivity contribution >= 4 is 33.4 Å². The van der Waals surface area contributed by atoms with Crippen LogP contribution in [0.3, 0.4) is 0 Å². The molecular weight excluding hydrogens is 302 g/mol. The average Bonchev–Trinajstić information content (AvgIpc) is 2.25. The molecule has 1 rings (SSSR count). The number of nitrogens with one attached hydrogen (secondary N) is 1. The molecule has 94 valence electrons. The lowest BCUT2D eigenvalue weighted by molar-refractivity contribution is -0.123. The molecule has 0 aliphatic rings. The third-order valence-electron chi connectivity index (χ3n) is 2.53. The second-order valence-electron chi connectivity index (χ2n) is 4.46. The number of benzene rings is 1. The number of alkyl halides is 1. The van der Waals surface area contributed by atoms with E-state index in [0.717, 1.165) is 12.0 Å². The van der Waals surface area contributed by atoms with Crippen LogP contribution in [-0.4, -0.2) is 10.2 Å². The monoisotopic (exact) mass is 317 g/mol. The largest absolute Gasteiger partial charge is 0.348 e. The van der Waals surface area contributed by atoms with Crippen LogP contribution < -0.4 is 5.32 Å². The van der Waals surface area contributed by atoms with Crippen LogP contribution in [0, 0.1) is 0 Å². The lowest BCUT2D eigenvalue weighted by Crippen LogP contribution is -2.39. The highest BCUT2D eigenvalue weighted by Crippen LogP contribution is 2.22. The van der Waals surface area contributed by atoms with Crippen LogP contribution in [0.15, 0.2) is 24.3 Å². The third-order valence-corrected chi connectivity index (χ3v) is 3.14. The molecule has 1 aromatic carbocycles. The van der Waals surface area contributed by atoms with Crippen LogP contribution in [0.5, 0.6) is 0 Å². The zero-order chi connectivity index (χ0) is 13.1. The first-order valence-electron chi connectivity index (χ1n) is 5.60. The van der Waals surface area contributed by atoms with Gasteiger partial charge >= 0.3 is 0 Å². The Morgan fingerprint density at radius 3 is 2.35 bits per heavy atom. The molecule has 0 radical (unpaired) electrons. The first-order chi connectivity index (χ1) is 7.84. The first kappa shape index (κ1) is 14.5. The maximum Gasteiger partial charge on any atom is 0.236 e. The Labute approximate surface area is 116 Å². The molecule has 0 aliphatic carbocycles. The summed E-state index contributed by atoms with van der Waals surface area (Å²) in [7, 11) is 0. The molecule has 0 saturated heterocycles. The fourth-order valence-electron chi connectivity index (χ4n) is 1.45. The summed E-state index contributed by atoms with van der Waals surface area (Å²) in [4.78, 5) is 11.9. The third kappa shape index (κ3) is 4.32. The average molecular weight is 319 g/mol. The Kier molecular flexibility index (Phi) is 5.02. The van der Waals surface area contributed by atoms with Gasteiger partial charge in [0.2, 0.25) is 5.91 Å². The summed E-state index contributed by atoms with van der Waals surface area (Å²) in [6.45, 7) is 5.70. The molecule has 0 saturated carbocycles. The summed E-state index contributed by atoms with van der Waals surface area (Å²) in [5.74, 6) is -0.0145. The van der Waals surface area contributed by atoms with E-state index in [-0.39, 0.29) is 11.9 Å². The number of carbonyl (C=O) groups excluding carboxylic acids is 1. The molecular formula is C13H17BrClNO. The predicted octanol–water partition coefficient (Wildman–Crippen LogP) is 4.08. The van der Waals surface area contributed by atoms with Crippen molar-refractivity contribution < 1.29 is 4.79 Å². The number of hydrogen-bond donors (Lipinski definition) is 1. The van der Waals surface area contributed by atoms with Gasteiger partial charge in [-0.25, -0.2) is 0 Å². The van der Waals surface area contributed by atoms with Crippen LogP contribution in [0.2, 0.25) is 5.02 Å². The van der Waals surface area contributed by atoms with Crippen molar-refractivity contribution in [2.75, 3.05) is 0 Å². The van der Waals surface area contributed by atoms with Crippen molar-refractivity contribution in [2.24, 2.45) is 0 Å². The number of rotatable bonds is 4. The van der Waals surface area contributed by atoms with Crippen LogP contribution in [0.1, 0.15) is 38.8 Å². The van der Waals surface area contributed by atoms with E-state index < -0.39 is 4.32 Å². The van der Waals surface area contributed by atoms with E-state index in [1.165, 1.54) is 0 Å². The van der Waals surface area contributed by atoms with Gasteiger partial charge < -0.3 is 5.32 Å². The van der Waals surface area contributed by atoms with E-state index in [2.05, 4.69) is 21.2 Å². The van der Waals surface area contributed by atoms with Crippen molar-refractivity contribution in [3.05, 3.63) is 34.9 Å². The molecule has 0 spiro atoms. The Bertz CT molecular complexity index is 383. The Morgan fingerprint density at radius 2 is 1.94 bits per heavy atom. The van der Waals surface area contributed by atoms with Gasteiger partial charge in [-0.1, -0.05) is 46.6 Å². The van der Waals surface area contributed by atoms with E-state index in [0.29, 0.717) is 5.02 Å². The summed E-state index contributed by atoms with van der Waals surface area (Å²) in [6.07, 6.45) is 0.844. The molecule has 0 aromatic heterocycles. The van der Waals surface area contributed by atoms with Gasteiger partial charge in [-0.2, -0.15) is 0 Å². The number of halogens is 2. The molecule has 2 nitrogen and oxygen atoms in total. The summed E-state index contributed by atoms with van der Waals surface area (Å²) in [5, 5.41) is 3.72. The zero-order valence-corrected chi connectivity index (χ0v) is 12.6. The maximum absolute atomic E-state index is 11.9. The normalized spacial score (nSPS) is 13.2. The number of carbonyl (C=O) groups is 1. The minimum Gasteiger partial charge on any atom is -0.348 e. The fourth-order valence-corrected chi connectivity index (χ4v) is 1.69. The molecule has 0 heterocycles. The SMILES string of the molecule is CCC(NC(=O)C(C)(C)Br)c1ccc(Cl)cc1. The fraction of sp³-hybridized carbons (Fsp3) is 0.462. The molecule has 0 bridgehead atoms. The quantitative estimate of drug-likeness (QED) is 0.833. The molecule has 1 atom stereocenters. The molecule has 0 aliphatic heterocycles. The summed E-state index contributed by atoms with van der Waals surface area (Å²) >= 11 is 9.20. The van der Waals surface area contributed by atoms with E-state index in [9.17, 15) is 4.79 Å². The Hall–Kier alpha value is -0.540. The standard InChI is InChI=1S/C13H17BrClNO/c1-4-11(16-12(17)13(2,3)14)9-5-7-10(15)8-6-9/h5-8,11H,4H2,1-3H3,(H,16,17). The second kappa shape index (κ2) is 5.87. The van der Waals surface area contributed by atoms with Crippen LogP contribution in [0.25, 0.3) is 0 Å². The van der Waals surface area contributed by atoms with Crippen molar-refractivity contribution in [3.63, 3.8) is 0 Å². The molecule has 0 fully saturated rings. The van der Waals surface area contributed by atoms with Gasteiger partial charge in [0.05, 0.1) is 10.4 Å². The maximum atomic E-state index is 11.9. The molecule has 1 amide bonds. The van der Waals surface area contributed by atoms with Gasteiger partial charge in [0.15, 0.2) is 0 Å². The molecule has 1 unspecified atom stereocenters. The molecule has 1 N–H and O–H groups in total. The highest BCUT2D eigenvalue weighted by atomic mass is 79.9. The number of hydrogen-bond acceptors (Lipinski definition) is 1. The van der Waals surface area contributed by atoms with Crippen molar-refractivity contribution in [3.8, 4) is 0 Å². The number of amides is 1. The van der Waals surface area contributed by atoms with Gasteiger partial charge in [0.1, 0.15) is 0 Å². The van der Waals surface area contributed by atoms with Crippen LogP contribution >= 0.6 is 27.5 Å². The van der Waals surface area contributed by atoms with Crippen LogP contribution in [-0.2, 0) is 4.79 Å². The van der Waals surface area contributed by atoms with Gasteiger partial charge in [0, 0.05) is 5.02 Å². The molecule has 1 aromatic rings. The smallest absolute Gasteiger partial charge is 0.236 e. The van der Waals surface area contributed by atoms with Gasteiger partial charge in [-0.05, 0) is 38.0 Å². The van der Waals surface area contributed by atoms with Crippen molar-refractivity contribution in [1.29, 1.82) is 0 Å². The summed E-state index contributed by atoms with van der Waals surface area (Å²) in [6, 6.07) is 7.59. The van der Waals surface area contributed by atoms with E-state index in [4.69, 9.17) is 11.6 Å². The zero-order valence-electron chi connectivity index (χ0n) is 10.3.